The molecule has 2 rings (SSSR count). The van der Waals surface area contributed by atoms with Crippen molar-refractivity contribution in [1.82, 2.24) is 0 Å². The smallest absolute Gasteiger partial charge is 0.0391 e. The molecular formula is C14H8BrI. The average molecular weight is 383 g/mol. The molecule has 0 fully saturated rings. The van der Waals surface area contributed by atoms with Gasteiger partial charge < -0.3 is 0 Å². The van der Waals surface area contributed by atoms with E-state index in [-0.39, 0.29) is 0 Å². The van der Waals surface area contributed by atoms with E-state index < -0.39 is 0 Å². The minimum Gasteiger partial charge on any atom is -0.0616 e. The second-order valence-electron chi connectivity index (χ2n) is 3.24. The van der Waals surface area contributed by atoms with E-state index in [0.717, 1.165) is 15.6 Å². The molecule has 2 aromatic carbocycles. The lowest BCUT2D eigenvalue weighted by Crippen LogP contribution is -1.78. The van der Waals surface area contributed by atoms with Crippen LogP contribution in [0.15, 0.2) is 53.0 Å². The molecule has 0 aliphatic rings. The lowest BCUT2D eigenvalue weighted by Gasteiger charge is -1.94. The Morgan fingerprint density at radius 2 is 1.56 bits per heavy atom. The fourth-order valence-corrected chi connectivity index (χ4v) is 1.98. The molecule has 0 aliphatic carbocycles. The van der Waals surface area contributed by atoms with Gasteiger partial charge in [0.05, 0.1) is 0 Å². The third-order valence-corrected chi connectivity index (χ3v) is 3.47. The maximum atomic E-state index is 3.48. The summed E-state index contributed by atoms with van der Waals surface area (Å²) in [6.45, 7) is 0. The Labute approximate surface area is 117 Å². The number of hydrogen-bond acceptors (Lipinski definition) is 0. The zero-order chi connectivity index (χ0) is 11.4. The molecule has 0 saturated heterocycles. The normalized spacial score (nSPS) is 9.38. The van der Waals surface area contributed by atoms with Crippen molar-refractivity contribution in [3.63, 3.8) is 0 Å². The summed E-state index contributed by atoms with van der Waals surface area (Å²) >= 11 is 5.76. The van der Waals surface area contributed by atoms with Crippen molar-refractivity contribution in [2.75, 3.05) is 0 Å². The average Bonchev–Trinajstić information content (AvgIpc) is 2.30. The summed E-state index contributed by atoms with van der Waals surface area (Å²) in [5.41, 5.74) is 2.05. The molecule has 0 atom stereocenters. The summed E-state index contributed by atoms with van der Waals surface area (Å²) < 4.78 is 2.26. The maximum Gasteiger partial charge on any atom is 0.0391 e. The Balaban J connectivity index is 2.29. The van der Waals surface area contributed by atoms with Gasteiger partial charge in [-0.1, -0.05) is 24.0 Å². The number of rotatable bonds is 0. The van der Waals surface area contributed by atoms with Crippen LogP contribution < -0.4 is 0 Å². The minimum absolute atomic E-state index is 1.01. The number of hydrogen-bond donors (Lipinski definition) is 0. The predicted molar refractivity (Wildman–Crippen MR) is 79.3 cm³/mol. The first-order chi connectivity index (χ1) is 7.75. The summed E-state index contributed by atoms with van der Waals surface area (Å²) in [6, 6.07) is 16.2. The molecule has 2 heteroatoms. The summed E-state index contributed by atoms with van der Waals surface area (Å²) in [5.74, 6) is 6.30. The Morgan fingerprint density at radius 3 is 2.25 bits per heavy atom. The van der Waals surface area contributed by atoms with Crippen molar-refractivity contribution in [3.05, 3.63) is 67.7 Å². The highest BCUT2D eigenvalue weighted by Gasteiger charge is 1.92. The van der Waals surface area contributed by atoms with Crippen LogP contribution in [0, 0.1) is 15.4 Å². The SMILES string of the molecule is Brc1ccccc1C#Cc1ccc(I)cc1. The Bertz CT molecular complexity index is 547. The van der Waals surface area contributed by atoms with E-state index in [9.17, 15) is 0 Å². The van der Waals surface area contributed by atoms with E-state index in [1.165, 1.54) is 3.57 Å². The van der Waals surface area contributed by atoms with Gasteiger partial charge in [-0.2, -0.15) is 0 Å². The van der Waals surface area contributed by atoms with Crippen molar-refractivity contribution in [2.24, 2.45) is 0 Å². The van der Waals surface area contributed by atoms with Crippen LogP contribution in [0.2, 0.25) is 0 Å². The summed E-state index contributed by atoms with van der Waals surface area (Å²) in [4.78, 5) is 0. The first-order valence-electron chi connectivity index (χ1n) is 4.78. The van der Waals surface area contributed by atoms with E-state index >= 15 is 0 Å². The fraction of sp³-hybridized carbons (Fsp3) is 0. The second kappa shape index (κ2) is 5.51. The molecule has 0 aliphatic heterocycles. The van der Waals surface area contributed by atoms with E-state index in [1.807, 2.05) is 36.4 Å². The highest BCUT2D eigenvalue weighted by atomic mass is 127. The zero-order valence-corrected chi connectivity index (χ0v) is 12.1. The summed E-state index contributed by atoms with van der Waals surface area (Å²) in [5, 5.41) is 0. The van der Waals surface area contributed by atoms with Crippen molar-refractivity contribution in [3.8, 4) is 11.8 Å². The maximum absolute atomic E-state index is 3.48. The number of benzene rings is 2. The third kappa shape index (κ3) is 3.10. The van der Waals surface area contributed by atoms with Gasteiger partial charge in [0.2, 0.25) is 0 Å². The topological polar surface area (TPSA) is 0 Å². The van der Waals surface area contributed by atoms with E-state index in [2.05, 4.69) is 62.5 Å². The number of halogens is 2. The second-order valence-corrected chi connectivity index (χ2v) is 5.34. The molecule has 0 spiro atoms. The van der Waals surface area contributed by atoms with Crippen molar-refractivity contribution >= 4 is 38.5 Å². The van der Waals surface area contributed by atoms with Crippen LogP contribution in [-0.4, -0.2) is 0 Å². The van der Waals surface area contributed by atoms with Gasteiger partial charge in [-0.25, -0.2) is 0 Å². The molecule has 0 radical (unpaired) electrons. The van der Waals surface area contributed by atoms with Gasteiger partial charge in [-0.15, -0.1) is 0 Å². The molecule has 0 aromatic heterocycles. The molecule has 0 saturated carbocycles. The molecule has 2 aromatic rings. The van der Waals surface area contributed by atoms with Gasteiger partial charge in [0, 0.05) is 19.2 Å². The molecule has 0 heterocycles. The van der Waals surface area contributed by atoms with Crippen LogP contribution in [0.4, 0.5) is 0 Å². The molecule has 0 N–H and O–H groups in total. The lowest BCUT2D eigenvalue weighted by atomic mass is 10.2. The first kappa shape index (κ1) is 11.7. The van der Waals surface area contributed by atoms with Crippen LogP contribution in [0.5, 0.6) is 0 Å². The summed E-state index contributed by atoms with van der Waals surface area (Å²) in [7, 11) is 0. The highest BCUT2D eigenvalue weighted by Crippen LogP contribution is 2.14. The first-order valence-corrected chi connectivity index (χ1v) is 6.65. The van der Waals surface area contributed by atoms with Crippen LogP contribution in [-0.2, 0) is 0 Å². The molecule has 78 valence electrons. The molecule has 0 unspecified atom stereocenters. The lowest BCUT2D eigenvalue weighted by molar-refractivity contribution is 1.57. The monoisotopic (exact) mass is 382 g/mol. The van der Waals surface area contributed by atoms with Crippen LogP contribution in [0.1, 0.15) is 11.1 Å². The summed E-state index contributed by atoms with van der Waals surface area (Å²) in [6.07, 6.45) is 0. The Kier molecular flexibility index (Phi) is 4.03. The third-order valence-electron chi connectivity index (χ3n) is 2.06. The Morgan fingerprint density at radius 1 is 0.875 bits per heavy atom. The van der Waals surface area contributed by atoms with Crippen molar-refractivity contribution < 1.29 is 0 Å². The molecule has 0 amide bonds. The Hall–Kier alpha value is -0.790. The molecule has 0 bridgehead atoms. The highest BCUT2D eigenvalue weighted by molar-refractivity contribution is 14.1. The fourth-order valence-electron chi connectivity index (χ4n) is 1.24. The quantitative estimate of drug-likeness (QED) is 0.466. The van der Waals surface area contributed by atoms with Crippen molar-refractivity contribution in [2.45, 2.75) is 0 Å². The van der Waals surface area contributed by atoms with Gasteiger partial charge in [0.15, 0.2) is 0 Å². The van der Waals surface area contributed by atoms with E-state index in [1.54, 1.807) is 0 Å². The van der Waals surface area contributed by atoms with Gasteiger partial charge >= 0.3 is 0 Å². The standard InChI is InChI=1S/C14H8BrI/c15-14-4-2-1-3-12(14)8-5-11-6-9-13(16)10-7-11/h1-4,6-7,9-10H. The largest absolute Gasteiger partial charge is 0.0616 e. The predicted octanol–water partition coefficient (Wildman–Crippen LogP) is 4.45. The van der Waals surface area contributed by atoms with Crippen molar-refractivity contribution in [1.29, 1.82) is 0 Å². The van der Waals surface area contributed by atoms with Gasteiger partial charge in [-0.3, -0.25) is 0 Å². The molecular weight excluding hydrogens is 375 g/mol. The van der Waals surface area contributed by atoms with E-state index in [4.69, 9.17) is 0 Å². The minimum atomic E-state index is 1.01. The van der Waals surface area contributed by atoms with Gasteiger partial charge in [0.1, 0.15) is 0 Å². The van der Waals surface area contributed by atoms with Gasteiger partial charge in [0.25, 0.3) is 0 Å². The van der Waals surface area contributed by atoms with Crippen LogP contribution in [0.3, 0.4) is 0 Å². The molecule has 0 nitrogen and oxygen atoms in total. The van der Waals surface area contributed by atoms with Crippen LogP contribution >= 0.6 is 38.5 Å². The molecule has 16 heavy (non-hydrogen) atoms. The van der Waals surface area contributed by atoms with Gasteiger partial charge in [-0.05, 0) is 74.9 Å². The van der Waals surface area contributed by atoms with Crippen LogP contribution in [0.25, 0.3) is 0 Å². The zero-order valence-electron chi connectivity index (χ0n) is 8.37. The van der Waals surface area contributed by atoms with E-state index in [0.29, 0.717) is 0 Å².